The first-order valence-corrected chi connectivity index (χ1v) is 9.68. The number of H-pyrrole nitrogens is 1. The molecule has 7 heteroatoms. The average molecular weight is 399 g/mol. The van der Waals surface area contributed by atoms with E-state index in [0.29, 0.717) is 42.2 Å². The number of carbonyl (C=O) groups excluding carboxylic acids is 1. The Morgan fingerprint density at radius 1 is 1.39 bits per heavy atom. The second kappa shape index (κ2) is 8.59. The van der Waals surface area contributed by atoms with E-state index in [2.05, 4.69) is 10.3 Å². The van der Waals surface area contributed by atoms with Crippen LogP contribution >= 0.6 is 11.6 Å². The van der Waals surface area contributed by atoms with E-state index in [-0.39, 0.29) is 23.1 Å². The number of piperazine rings is 1. The number of hydrogen-bond donors (Lipinski definition) is 2. The van der Waals surface area contributed by atoms with Crippen LogP contribution in [0, 0.1) is 25.2 Å². The molecule has 3 rings (SSSR count). The molecule has 1 aromatic heterocycles. The topological polar surface area (TPSA) is 89.0 Å². The fourth-order valence-electron chi connectivity index (χ4n) is 3.81. The van der Waals surface area contributed by atoms with Gasteiger partial charge in [0.1, 0.15) is 11.6 Å². The van der Waals surface area contributed by atoms with Gasteiger partial charge in [-0.05, 0) is 49.1 Å². The summed E-state index contributed by atoms with van der Waals surface area (Å²) in [6.07, 6.45) is 0.795. The maximum Gasteiger partial charge on any atom is 0.266 e. The number of halogens is 1. The number of benzene rings is 1. The monoisotopic (exact) mass is 398 g/mol. The summed E-state index contributed by atoms with van der Waals surface area (Å²) < 4.78 is 0. The predicted molar refractivity (Wildman–Crippen MR) is 108 cm³/mol. The van der Waals surface area contributed by atoms with Crippen molar-refractivity contribution in [2.45, 2.75) is 32.7 Å². The number of amides is 1. The molecular formula is C21H23ClN4O2. The lowest BCUT2D eigenvalue weighted by molar-refractivity contribution is -0.134. The number of aryl methyl sites for hydroxylation is 1. The zero-order valence-electron chi connectivity index (χ0n) is 16.0. The third-order valence-corrected chi connectivity index (χ3v) is 5.54. The molecule has 0 radical (unpaired) electrons. The average Bonchev–Trinajstić information content (AvgIpc) is 2.67. The van der Waals surface area contributed by atoms with Gasteiger partial charge in [-0.25, -0.2) is 0 Å². The first kappa shape index (κ1) is 20.1. The number of hydrogen-bond acceptors (Lipinski definition) is 4. The highest BCUT2D eigenvalue weighted by atomic mass is 35.5. The Balaban J connectivity index is 1.79. The molecule has 1 unspecified atom stereocenters. The van der Waals surface area contributed by atoms with Gasteiger partial charge in [0.05, 0.1) is 6.04 Å². The molecule has 2 aromatic rings. The summed E-state index contributed by atoms with van der Waals surface area (Å²) in [6.45, 7) is 5.62. The third kappa shape index (κ3) is 4.11. The van der Waals surface area contributed by atoms with E-state index in [0.717, 1.165) is 17.7 Å². The van der Waals surface area contributed by atoms with Gasteiger partial charge in [0, 0.05) is 36.8 Å². The number of aromatic nitrogens is 1. The second-order valence-corrected chi connectivity index (χ2v) is 7.47. The van der Waals surface area contributed by atoms with E-state index in [1.807, 2.05) is 35.2 Å². The van der Waals surface area contributed by atoms with Crippen LogP contribution in [0.2, 0.25) is 5.02 Å². The van der Waals surface area contributed by atoms with Crippen LogP contribution in [-0.4, -0.2) is 35.4 Å². The van der Waals surface area contributed by atoms with Gasteiger partial charge in [0.15, 0.2) is 0 Å². The number of pyridine rings is 1. The van der Waals surface area contributed by atoms with Crippen molar-refractivity contribution in [2.24, 2.45) is 0 Å². The summed E-state index contributed by atoms with van der Waals surface area (Å²) in [5, 5.41) is 13.2. The lowest BCUT2D eigenvalue weighted by atomic mass is 9.98. The van der Waals surface area contributed by atoms with Crippen LogP contribution in [-0.2, 0) is 11.2 Å². The Hall–Kier alpha value is -2.62. The molecule has 6 nitrogen and oxygen atoms in total. The largest absolute Gasteiger partial charge is 0.333 e. The number of nitrogens with zero attached hydrogens (tertiary/aromatic N) is 2. The zero-order valence-corrected chi connectivity index (χ0v) is 16.8. The smallest absolute Gasteiger partial charge is 0.266 e. The zero-order chi connectivity index (χ0) is 20.3. The molecular weight excluding hydrogens is 376 g/mol. The Morgan fingerprint density at radius 2 is 2.18 bits per heavy atom. The van der Waals surface area contributed by atoms with Crippen LogP contribution in [0.5, 0.6) is 0 Å². The highest BCUT2D eigenvalue weighted by Crippen LogP contribution is 2.26. The minimum absolute atomic E-state index is 0.0509. The van der Waals surface area contributed by atoms with Crippen molar-refractivity contribution in [3.8, 4) is 6.07 Å². The van der Waals surface area contributed by atoms with Gasteiger partial charge in [-0.1, -0.05) is 23.7 Å². The molecule has 0 bridgehead atoms. The Labute approximate surface area is 169 Å². The van der Waals surface area contributed by atoms with E-state index in [4.69, 9.17) is 11.6 Å². The van der Waals surface area contributed by atoms with E-state index in [1.165, 1.54) is 0 Å². The van der Waals surface area contributed by atoms with Crippen molar-refractivity contribution < 1.29 is 4.79 Å². The molecule has 0 saturated carbocycles. The second-order valence-electron chi connectivity index (χ2n) is 7.03. The molecule has 1 amide bonds. The summed E-state index contributed by atoms with van der Waals surface area (Å²) in [5.74, 6) is 0.0509. The summed E-state index contributed by atoms with van der Waals surface area (Å²) in [5.41, 5.74) is 2.97. The Morgan fingerprint density at radius 3 is 2.89 bits per heavy atom. The Bertz CT molecular complexity index is 993. The quantitative estimate of drug-likeness (QED) is 0.828. The highest BCUT2D eigenvalue weighted by Gasteiger charge is 2.28. The van der Waals surface area contributed by atoms with Gasteiger partial charge in [0.2, 0.25) is 5.91 Å². The molecule has 2 heterocycles. The molecule has 0 aliphatic carbocycles. The third-order valence-electron chi connectivity index (χ3n) is 5.31. The van der Waals surface area contributed by atoms with E-state index in [9.17, 15) is 14.9 Å². The van der Waals surface area contributed by atoms with Crippen LogP contribution in [0.3, 0.4) is 0 Å². The lowest BCUT2D eigenvalue weighted by Gasteiger charge is -2.37. The normalized spacial score (nSPS) is 16.6. The predicted octanol–water partition coefficient (Wildman–Crippen LogP) is 2.62. The molecule has 28 heavy (non-hydrogen) atoms. The lowest BCUT2D eigenvalue weighted by Crippen LogP contribution is -2.48. The molecule has 1 aromatic carbocycles. The highest BCUT2D eigenvalue weighted by molar-refractivity contribution is 6.30. The summed E-state index contributed by atoms with van der Waals surface area (Å²) >= 11 is 6.13. The minimum Gasteiger partial charge on any atom is -0.333 e. The van der Waals surface area contributed by atoms with Crippen LogP contribution in [0.4, 0.5) is 0 Å². The van der Waals surface area contributed by atoms with Crippen molar-refractivity contribution in [1.82, 2.24) is 15.2 Å². The van der Waals surface area contributed by atoms with Crippen molar-refractivity contribution in [3.63, 3.8) is 0 Å². The fourth-order valence-corrected chi connectivity index (χ4v) is 4.01. The molecule has 146 valence electrons. The molecule has 1 aliphatic heterocycles. The number of aromatic amines is 1. The molecule has 1 fully saturated rings. The molecule has 0 spiro atoms. The molecule has 1 aliphatic rings. The van der Waals surface area contributed by atoms with Crippen LogP contribution < -0.4 is 10.9 Å². The maximum absolute atomic E-state index is 13.0. The molecule has 1 saturated heterocycles. The summed E-state index contributed by atoms with van der Waals surface area (Å²) in [4.78, 5) is 29.5. The summed E-state index contributed by atoms with van der Waals surface area (Å²) in [6, 6.07) is 9.49. The van der Waals surface area contributed by atoms with Gasteiger partial charge in [-0.3, -0.25) is 9.59 Å². The van der Waals surface area contributed by atoms with Gasteiger partial charge in [0.25, 0.3) is 5.56 Å². The molecule has 2 N–H and O–H groups in total. The Kier molecular flexibility index (Phi) is 6.18. The number of rotatable bonds is 4. The minimum atomic E-state index is -0.379. The van der Waals surface area contributed by atoms with Crippen molar-refractivity contribution in [2.75, 3.05) is 19.6 Å². The number of carbonyl (C=O) groups is 1. The van der Waals surface area contributed by atoms with Crippen molar-refractivity contribution in [3.05, 3.63) is 67.6 Å². The molecule has 1 atom stereocenters. The standard InChI is InChI=1S/C21H23ClN4O2/c1-13-17(14(2)25-21(28)18(13)11-23)6-7-20(27)26-9-8-24-12-19(26)15-4-3-5-16(22)10-15/h3-5,10,19,24H,6-9,12H2,1-2H3,(H,25,28). The van der Waals surface area contributed by atoms with E-state index >= 15 is 0 Å². The van der Waals surface area contributed by atoms with Crippen LogP contribution in [0.25, 0.3) is 0 Å². The SMILES string of the molecule is Cc1[nH]c(=O)c(C#N)c(C)c1CCC(=O)N1CCNCC1c1cccc(Cl)c1. The van der Waals surface area contributed by atoms with Crippen LogP contribution in [0.15, 0.2) is 29.1 Å². The van der Waals surface area contributed by atoms with Gasteiger partial charge in [-0.15, -0.1) is 0 Å². The van der Waals surface area contributed by atoms with E-state index < -0.39 is 0 Å². The summed E-state index contributed by atoms with van der Waals surface area (Å²) in [7, 11) is 0. The van der Waals surface area contributed by atoms with Crippen LogP contribution in [0.1, 0.15) is 40.4 Å². The van der Waals surface area contributed by atoms with Gasteiger partial charge < -0.3 is 15.2 Å². The number of nitriles is 1. The van der Waals surface area contributed by atoms with Gasteiger partial charge >= 0.3 is 0 Å². The maximum atomic E-state index is 13.0. The van der Waals surface area contributed by atoms with Crippen molar-refractivity contribution in [1.29, 1.82) is 5.26 Å². The number of nitrogens with one attached hydrogen (secondary N) is 2. The fraction of sp³-hybridized carbons (Fsp3) is 0.381. The van der Waals surface area contributed by atoms with E-state index in [1.54, 1.807) is 13.8 Å². The first-order valence-electron chi connectivity index (χ1n) is 9.30. The van der Waals surface area contributed by atoms with Crippen molar-refractivity contribution >= 4 is 17.5 Å². The first-order chi connectivity index (χ1) is 13.4. The van der Waals surface area contributed by atoms with Gasteiger partial charge in [-0.2, -0.15) is 5.26 Å².